The molecule has 0 saturated carbocycles. The first-order valence-electron chi connectivity index (χ1n) is 4.76. The molecule has 0 aromatic rings. The van der Waals surface area contributed by atoms with Crippen molar-refractivity contribution in [3.05, 3.63) is 12.2 Å². The van der Waals surface area contributed by atoms with Crippen LogP contribution in [0.5, 0.6) is 0 Å². The molecule has 1 unspecified atom stereocenters. The molecule has 0 rings (SSSR count). The lowest BCUT2D eigenvalue weighted by Crippen LogP contribution is -2.07. The van der Waals surface area contributed by atoms with Crippen molar-refractivity contribution in [2.45, 2.75) is 53.1 Å². The quantitative estimate of drug-likeness (QED) is 0.643. The van der Waals surface area contributed by atoms with Crippen molar-refractivity contribution < 1.29 is 5.11 Å². The average Bonchev–Trinajstić information content (AvgIpc) is 1.84. The van der Waals surface area contributed by atoms with Gasteiger partial charge in [0.1, 0.15) is 0 Å². The van der Waals surface area contributed by atoms with Gasteiger partial charge in [-0.3, -0.25) is 0 Å². The van der Waals surface area contributed by atoms with Crippen LogP contribution in [0.25, 0.3) is 0 Å². The van der Waals surface area contributed by atoms with Crippen LogP contribution in [0, 0.1) is 5.41 Å². The molecule has 0 bridgehead atoms. The zero-order chi connectivity index (χ0) is 9.61. The lowest BCUT2D eigenvalue weighted by molar-refractivity contribution is 0.200. The average molecular weight is 170 g/mol. The molecule has 0 aliphatic carbocycles. The molecule has 1 heteroatoms. The summed E-state index contributed by atoms with van der Waals surface area (Å²) in [6.07, 6.45) is 6.69. The van der Waals surface area contributed by atoms with Crippen LogP contribution in [-0.2, 0) is 0 Å². The molecule has 1 N–H and O–H groups in total. The van der Waals surface area contributed by atoms with Crippen LogP contribution in [0.4, 0.5) is 0 Å². The minimum Gasteiger partial charge on any atom is -0.389 e. The van der Waals surface area contributed by atoms with Crippen LogP contribution in [-0.4, -0.2) is 11.2 Å². The largest absolute Gasteiger partial charge is 0.389 e. The molecule has 1 nitrogen and oxygen atoms in total. The Labute approximate surface area is 76.5 Å². The van der Waals surface area contributed by atoms with E-state index in [-0.39, 0.29) is 6.10 Å². The Morgan fingerprint density at radius 2 is 1.92 bits per heavy atom. The third-order valence-corrected chi connectivity index (χ3v) is 1.84. The number of rotatable bonds is 4. The molecule has 12 heavy (non-hydrogen) atoms. The van der Waals surface area contributed by atoms with E-state index in [0.29, 0.717) is 5.41 Å². The van der Waals surface area contributed by atoms with Crippen LogP contribution in [0.2, 0.25) is 0 Å². The van der Waals surface area contributed by atoms with Crippen molar-refractivity contribution >= 4 is 0 Å². The summed E-state index contributed by atoms with van der Waals surface area (Å²) in [6, 6.07) is 0. The van der Waals surface area contributed by atoms with Crippen LogP contribution in [0.1, 0.15) is 47.0 Å². The Morgan fingerprint density at radius 1 is 1.33 bits per heavy atom. The Kier molecular flexibility index (Phi) is 5.23. The molecule has 0 aliphatic rings. The molecule has 72 valence electrons. The predicted octanol–water partition coefficient (Wildman–Crippen LogP) is 3.14. The van der Waals surface area contributed by atoms with E-state index in [0.717, 1.165) is 12.8 Å². The Morgan fingerprint density at radius 3 is 2.33 bits per heavy atom. The highest BCUT2D eigenvalue weighted by molar-refractivity contribution is 4.85. The van der Waals surface area contributed by atoms with Gasteiger partial charge in [-0.1, -0.05) is 39.3 Å². The van der Waals surface area contributed by atoms with Gasteiger partial charge in [-0.15, -0.1) is 0 Å². The van der Waals surface area contributed by atoms with Crippen LogP contribution >= 0.6 is 0 Å². The summed E-state index contributed by atoms with van der Waals surface area (Å²) < 4.78 is 0. The van der Waals surface area contributed by atoms with Crippen molar-refractivity contribution in [2.24, 2.45) is 5.41 Å². The summed E-state index contributed by atoms with van der Waals surface area (Å²) in [7, 11) is 0. The first-order valence-corrected chi connectivity index (χ1v) is 4.76. The smallest absolute Gasteiger partial charge is 0.0720 e. The fourth-order valence-electron chi connectivity index (χ4n) is 1.16. The molecule has 1 atom stereocenters. The van der Waals surface area contributed by atoms with Crippen LogP contribution in [0.15, 0.2) is 12.2 Å². The molecule has 0 amide bonds. The van der Waals surface area contributed by atoms with Crippen molar-refractivity contribution in [1.82, 2.24) is 0 Å². The van der Waals surface area contributed by atoms with E-state index in [1.807, 2.05) is 19.1 Å². The van der Waals surface area contributed by atoms with E-state index in [2.05, 4.69) is 20.8 Å². The molecular weight excluding hydrogens is 148 g/mol. The summed E-state index contributed by atoms with van der Waals surface area (Å²) >= 11 is 0. The van der Waals surface area contributed by atoms with E-state index in [9.17, 15) is 5.11 Å². The number of aliphatic hydroxyl groups is 1. The highest BCUT2D eigenvalue weighted by Crippen LogP contribution is 2.22. The molecule has 0 heterocycles. The second-order valence-electron chi connectivity index (χ2n) is 4.55. The Bertz CT molecular complexity index is 130. The van der Waals surface area contributed by atoms with Crippen molar-refractivity contribution in [2.75, 3.05) is 0 Å². The maximum atomic E-state index is 9.36. The Hall–Kier alpha value is -0.300. The van der Waals surface area contributed by atoms with E-state index >= 15 is 0 Å². The molecule has 0 spiro atoms. The highest BCUT2D eigenvalue weighted by Gasteiger charge is 2.10. The van der Waals surface area contributed by atoms with E-state index in [1.54, 1.807) is 0 Å². The normalized spacial score (nSPS) is 15.4. The lowest BCUT2D eigenvalue weighted by atomic mass is 9.89. The molecule has 0 aromatic heterocycles. The third kappa shape index (κ3) is 7.80. The van der Waals surface area contributed by atoms with Gasteiger partial charge in [-0.2, -0.15) is 0 Å². The molecule has 0 aromatic carbocycles. The summed E-state index contributed by atoms with van der Waals surface area (Å²) in [5.41, 5.74) is 0.398. The zero-order valence-electron chi connectivity index (χ0n) is 8.80. The zero-order valence-corrected chi connectivity index (χ0v) is 8.80. The summed E-state index contributed by atoms with van der Waals surface area (Å²) in [5, 5.41) is 9.36. The standard InChI is InChI=1S/C11H22O/c1-5-7-10(12)8-6-9-11(2,3)4/h5,7,10,12H,6,8-9H2,1-4H3/b7-5+. The minimum absolute atomic E-state index is 0.239. The van der Waals surface area contributed by atoms with Crippen LogP contribution < -0.4 is 0 Å². The van der Waals surface area contributed by atoms with Gasteiger partial charge in [-0.25, -0.2) is 0 Å². The fourth-order valence-corrected chi connectivity index (χ4v) is 1.16. The molecular formula is C11H22O. The maximum Gasteiger partial charge on any atom is 0.0720 e. The van der Waals surface area contributed by atoms with Crippen molar-refractivity contribution in [1.29, 1.82) is 0 Å². The number of allylic oxidation sites excluding steroid dienone is 1. The van der Waals surface area contributed by atoms with Gasteiger partial charge in [0.25, 0.3) is 0 Å². The first kappa shape index (κ1) is 11.7. The number of hydrogen-bond donors (Lipinski definition) is 1. The van der Waals surface area contributed by atoms with Gasteiger partial charge < -0.3 is 5.11 Å². The minimum atomic E-state index is -0.239. The van der Waals surface area contributed by atoms with E-state index in [1.165, 1.54) is 6.42 Å². The predicted molar refractivity (Wildman–Crippen MR) is 54.1 cm³/mol. The summed E-state index contributed by atoms with van der Waals surface area (Å²) in [5.74, 6) is 0. The molecule has 0 radical (unpaired) electrons. The topological polar surface area (TPSA) is 20.2 Å². The van der Waals surface area contributed by atoms with E-state index < -0.39 is 0 Å². The van der Waals surface area contributed by atoms with Crippen molar-refractivity contribution in [3.8, 4) is 0 Å². The van der Waals surface area contributed by atoms with Gasteiger partial charge in [0.05, 0.1) is 6.10 Å². The molecule has 0 saturated heterocycles. The summed E-state index contributed by atoms with van der Waals surface area (Å²) in [6.45, 7) is 8.63. The van der Waals surface area contributed by atoms with Gasteiger partial charge in [0.2, 0.25) is 0 Å². The summed E-state index contributed by atoms with van der Waals surface area (Å²) in [4.78, 5) is 0. The second-order valence-corrected chi connectivity index (χ2v) is 4.55. The monoisotopic (exact) mass is 170 g/mol. The van der Waals surface area contributed by atoms with Crippen molar-refractivity contribution in [3.63, 3.8) is 0 Å². The highest BCUT2D eigenvalue weighted by atomic mass is 16.3. The number of hydrogen-bond acceptors (Lipinski definition) is 1. The van der Waals surface area contributed by atoms with Crippen LogP contribution in [0.3, 0.4) is 0 Å². The van der Waals surface area contributed by atoms with Gasteiger partial charge >= 0.3 is 0 Å². The van der Waals surface area contributed by atoms with Gasteiger partial charge in [0, 0.05) is 0 Å². The maximum absolute atomic E-state index is 9.36. The van der Waals surface area contributed by atoms with Gasteiger partial charge in [-0.05, 0) is 25.2 Å². The van der Waals surface area contributed by atoms with E-state index in [4.69, 9.17) is 0 Å². The SMILES string of the molecule is C/C=C/C(O)CCCC(C)(C)C. The fraction of sp³-hybridized carbons (Fsp3) is 0.818. The number of aliphatic hydroxyl groups excluding tert-OH is 1. The first-order chi connectivity index (χ1) is 5.45. The third-order valence-electron chi connectivity index (χ3n) is 1.84. The lowest BCUT2D eigenvalue weighted by Gasteiger charge is -2.18. The molecule has 0 aliphatic heterocycles. The van der Waals surface area contributed by atoms with Gasteiger partial charge in [0.15, 0.2) is 0 Å². The second kappa shape index (κ2) is 5.36. The Balaban J connectivity index is 3.43. The molecule has 0 fully saturated rings.